The van der Waals surface area contributed by atoms with Crippen molar-refractivity contribution in [2.45, 2.75) is 45.8 Å². The van der Waals surface area contributed by atoms with Gasteiger partial charge in [-0.1, -0.05) is 29.4 Å². The fourth-order valence-corrected chi connectivity index (χ4v) is 4.17. The molecule has 2 heteroatoms. The zero-order chi connectivity index (χ0) is 11.5. The second-order valence-electron chi connectivity index (χ2n) is 5.03. The molecule has 0 heterocycles. The maximum atomic E-state index is 9.64. The van der Waals surface area contributed by atoms with Crippen molar-refractivity contribution in [2.75, 3.05) is 0 Å². The molecule has 15 heavy (non-hydrogen) atoms. The molecule has 0 amide bonds. The van der Waals surface area contributed by atoms with Crippen molar-refractivity contribution in [2.24, 2.45) is 0 Å². The highest BCUT2D eigenvalue weighted by atomic mass is 28.2. The van der Waals surface area contributed by atoms with E-state index in [2.05, 4.69) is 32.0 Å². The minimum Gasteiger partial charge on any atom is -0.390 e. The van der Waals surface area contributed by atoms with Gasteiger partial charge in [-0.05, 0) is 45.2 Å². The van der Waals surface area contributed by atoms with Crippen LogP contribution in [0.15, 0.2) is 18.2 Å². The lowest BCUT2D eigenvalue weighted by atomic mass is 10.1. The molecule has 1 N–H and O–H groups in total. The van der Waals surface area contributed by atoms with Gasteiger partial charge in [0.1, 0.15) is 0 Å². The highest BCUT2D eigenvalue weighted by molar-refractivity contribution is 6.54. The number of hydrogen-bond acceptors (Lipinski definition) is 1. The van der Waals surface area contributed by atoms with Gasteiger partial charge in [0.25, 0.3) is 0 Å². The Morgan fingerprint density at radius 2 is 1.93 bits per heavy atom. The number of aliphatic hydroxyl groups is 1. The second-order valence-corrected chi connectivity index (χ2v) is 6.99. The molecule has 1 nitrogen and oxygen atoms in total. The lowest BCUT2D eigenvalue weighted by Crippen LogP contribution is -2.23. The summed E-state index contributed by atoms with van der Waals surface area (Å²) in [5.74, 6) is 0. The van der Waals surface area contributed by atoms with Crippen molar-refractivity contribution in [3.8, 4) is 0 Å². The molecule has 0 unspecified atom stereocenters. The topological polar surface area (TPSA) is 20.2 Å². The summed E-state index contributed by atoms with van der Waals surface area (Å²) in [5, 5.41) is 11.2. The van der Waals surface area contributed by atoms with E-state index in [0.29, 0.717) is 0 Å². The van der Waals surface area contributed by atoms with E-state index < -0.39 is 5.60 Å². The van der Waals surface area contributed by atoms with Crippen LogP contribution in [-0.2, 0) is 0 Å². The van der Waals surface area contributed by atoms with E-state index in [1.165, 1.54) is 17.2 Å². The number of benzene rings is 1. The second kappa shape index (κ2) is 4.95. The van der Waals surface area contributed by atoms with Crippen molar-refractivity contribution < 1.29 is 5.11 Å². The van der Waals surface area contributed by atoms with Gasteiger partial charge >= 0.3 is 0 Å². The van der Waals surface area contributed by atoms with Crippen LogP contribution in [0, 0.1) is 13.8 Å². The first-order valence-corrected chi connectivity index (χ1v) is 7.38. The van der Waals surface area contributed by atoms with E-state index in [1.54, 1.807) is 5.19 Å². The highest BCUT2D eigenvalue weighted by Crippen LogP contribution is 2.10. The summed E-state index contributed by atoms with van der Waals surface area (Å²) in [6.07, 6.45) is 0.923. The van der Waals surface area contributed by atoms with Crippen molar-refractivity contribution >= 4 is 14.7 Å². The normalized spacial score (nSPS) is 12.6. The predicted octanol–water partition coefficient (Wildman–Crippen LogP) is 1.68. The summed E-state index contributed by atoms with van der Waals surface area (Å²) >= 11 is 0. The molecule has 0 spiro atoms. The molecule has 0 atom stereocenters. The zero-order valence-electron chi connectivity index (χ0n) is 10.3. The molecule has 0 saturated carbocycles. The van der Waals surface area contributed by atoms with Crippen LogP contribution in [0.25, 0.3) is 0 Å². The Bertz CT molecular complexity index is 326. The predicted molar refractivity (Wildman–Crippen MR) is 69.8 cm³/mol. The summed E-state index contributed by atoms with van der Waals surface area (Å²) in [6.45, 7) is 8.17. The van der Waals surface area contributed by atoms with E-state index in [1.807, 2.05) is 13.8 Å². The fraction of sp³-hybridized carbons (Fsp3) is 0.538. The van der Waals surface area contributed by atoms with Gasteiger partial charge in [0, 0.05) is 0 Å². The minimum absolute atomic E-state index is 0.202. The third kappa shape index (κ3) is 4.18. The summed E-state index contributed by atoms with van der Waals surface area (Å²) in [4.78, 5) is 0. The fourth-order valence-electron chi connectivity index (χ4n) is 1.79. The molecular formula is C13H22OSi. The molecule has 1 rings (SSSR count). The zero-order valence-corrected chi connectivity index (χ0v) is 11.7. The molecule has 0 aliphatic heterocycles. The third-order valence-corrected chi connectivity index (χ3v) is 4.96. The monoisotopic (exact) mass is 222 g/mol. The Morgan fingerprint density at radius 3 is 2.53 bits per heavy atom. The molecule has 0 radical (unpaired) electrons. The van der Waals surface area contributed by atoms with Crippen molar-refractivity contribution in [3.05, 3.63) is 29.3 Å². The summed E-state index contributed by atoms with van der Waals surface area (Å²) in [5.41, 5.74) is 2.35. The van der Waals surface area contributed by atoms with Gasteiger partial charge < -0.3 is 5.11 Å². The Kier molecular flexibility index (Phi) is 4.11. The lowest BCUT2D eigenvalue weighted by Gasteiger charge is -2.16. The van der Waals surface area contributed by atoms with Crippen LogP contribution >= 0.6 is 0 Å². The van der Waals surface area contributed by atoms with Gasteiger partial charge in [-0.15, -0.1) is 0 Å². The van der Waals surface area contributed by atoms with Crippen molar-refractivity contribution in [1.29, 1.82) is 0 Å². The SMILES string of the molecule is Cc1cccc([SiH2]CCC(C)(C)O)c1C. The Labute approximate surface area is 95.4 Å². The van der Waals surface area contributed by atoms with Gasteiger partial charge in [0.2, 0.25) is 0 Å². The van der Waals surface area contributed by atoms with Crippen LogP contribution in [0.2, 0.25) is 6.04 Å². The van der Waals surface area contributed by atoms with Gasteiger partial charge in [-0.25, -0.2) is 0 Å². The van der Waals surface area contributed by atoms with Gasteiger partial charge in [0.05, 0.1) is 15.1 Å². The molecule has 0 aliphatic rings. The van der Waals surface area contributed by atoms with Gasteiger partial charge in [-0.3, -0.25) is 0 Å². The van der Waals surface area contributed by atoms with Crippen LogP contribution < -0.4 is 5.19 Å². The lowest BCUT2D eigenvalue weighted by molar-refractivity contribution is 0.0766. The highest BCUT2D eigenvalue weighted by Gasteiger charge is 2.12. The average Bonchev–Trinajstić information content (AvgIpc) is 2.10. The maximum absolute atomic E-state index is 9.64. The Morgan fingerprint density at radius 1 is 1.27 bits per heavy atom. The first-order valence-electron chi connectivity index (χ1n) is 5.67. The van der Waals surface area contributed by atoms with Crippen LogP contribution in [0.1, 0.15) is 31.4 Å². The quantitative estimate of drug-likeness (QED) is 0.769. The first-order chi connectivity index (χ1) is 6.90. The summed E-state index contributed by atoms with van der Waals surface area (Å²) in [7, 11) is -0.202. The molecule has 0 aromatic heterocycles. The molecule has 84 valence electrons. The van der Waals surface area contributed by atoms with E-state index in [4.69, 9.17) is 0 Å². The molecule has 0 aliphatic carbocycles. The van der Waals surface area contributed by atoms with Gasteiger partial charge in [-0.2, -0.15) is 0 Å². The van der Waals surface area contributed by atoms with E-state index in [-0.39, 0.29) is 9.52 Å². The number of hydrogen-bond donors (Lipinski definition) is 1. The largest absolute Gasteiger partial charge is 0.390 e. The molecule has 0 saturated heterocycles. The molecule has 1 aromatic carbocycles. The standard InChI is InChI=1S/C13H22OSi/c1-10-6-5-7-12(11(10)2)15-9-8-13(3,4)14/h5-7,14H,8-9,15H2,1-4H3. The molecule has 1 aromatic rings. The average molecular weight is 222 g/mol. The van der Waals surface area contributed by atoms with E-state index in [9.17, 15) is 5.11 Å². The van der Waals surface area contributed by atoms with E-state index in [0.717, 1.165) is 6.42 Å². The maximum Gasteiger partial charge on any atom is 0.0589 e. The Balaban J connectivity index is 2.55. The van der Waals surface area contributed by atoms with Crippen LogP contribution in [0.5, 0.6) is 0 Å². The Hall–Kier alpha value is -0.603. The van der Waals surface area contributed by atoms with Crippen molar-refractivity contribution in [3.63, 3.8) is 0 Å². The van der Waals surface area contributed by atoms with Gasteiger partial charge in [0.15, 0.2) is 0 Å². The molecule has 0 fully saturated rings. The number of rotatable bonds is 4. The van der Waals surface area contributed by atoms with Crippen molar-refractivity contribution in [1.82, 2.24) is 0 Å². The summed E-state index contributed by atoms with van der Waals surface area (Å²) < 4.78 is 0. The molecular weight excluding hydrogens is 200 g/mol. The van der Waals surface area contributed by atoms with Crippen LogP contribution in [0.3, 0.4) is 0 Å². The smallest absolute Gasteiger partial charge is 0.0589 e. The summed E-state index contributed by atoms with van der Waals surface area (Å²) in [6, 6.07) is 7.75. The molecule has 0 bridgehead atoms. The first kappa shape index (κ1) is 12.5. The van der Waals surface area contributed by atoms with Crippen LogP contribution in [0.4, 0.5) is 0 Å². The number of aryl methyl sites for hydroxylation is 1. The van der Waals surface area contributed by atoms with Crippen LogP contribution in [-0.4, -0.2) is 20.2 Å². The minimum atomic E-state index is -0.495. The van der Waals surface area contributed by atoms with E-state index >= 15 is 0 Å². The third-order valence-electron chi connectivity index (χ3n) is 2.95.